The standard InChI is InChI=1S/C25H26F3N5O4S3/c1-15(2)39(34,35)20-6-7-21(38-20)40(36,37)31-23-19(28)5-4-18(27)22(23)16(3)33-11-10-32(14-25(33)8-9-25)24-29-12-17(26)13-30-24/h4-7,12-13,15,31H,3,8-11,14H2,1-2H3. The third-order valence-electron chi connectivity index (χ3n) is 7.05. The topological polar surface area (TPSA) is 113 Å². The zero-order valence-corrected chi connectivity index (χ0v) is 24.0. The number of hydrogen-bond acceptors (Lipinski definition) is 9. The van der Waals surface area contributed by atoms with Crippen LogP contribution in [0.15, 0.2) is 51.7 Å². The molecule has 3 heterocycles. The molecule has 0 unspecified atom stereocenters. The maximum Gasteiger partial charge on any atom is 0.271 e. The van der Waals surface area contributed by atoms with E-state index in [2.05, 4.69) is 21.3 Å². The van der Waals surface area contributed by atoms with Crippen molar-refractivity contribution in [2.75, 3.05) is 29.3 Å². The van der Waals surface area contributed by atoms with Crippen LogP contribution < -0.4 is 9.62 Å². The predicted octanol–water partition coefficient (Wildman–Crippen LogP) is 4.26. The summed E-state index contributed by atoms with van der Waals surface area (Å²) in [5.41, 5.74) is -1.35. The highest BCUT2D eigenvalue weighted by Crippen LogP contribution is 2.49. The molecule has 40 heavy (non-hydrogen) atoms. The molecule has 1 aliphatic carbocycles. The van der Waals surface area contributed by atoms with Crippen molar-refractivity contribution in [1.82, 2.24) is 14.9 Å². The van der Waals surface area contributed by atoms with E-state index in [4.69, 9.17) is 0 Å². The van der Waals surface area contributed by atoms with Gasteiger partial charge in [-0.2, -0.15) is 0 Å². The fourth-order valence-electron chi connectivity index (χ4n) is 4.70. The van der Waals surface area contributed by atoms with Crippen LogP contribution in [0.2, 0.25) is 0 Å². The van der Waals surface area contributed by atoms with Gasteiger partial charge in [-0.05, 0) is 51.0 Å². The molecule has 214 valence electrons. The summed E-state index contributed by atoms with van der Waals surface area (Å²) < 4.78 is 96.7. The van der Waals surface area contributed by atoms with E-state index < -0.39 is 53.8 Å². The average Bonchev–Trinajstić information content (AvgIpc) is 3.44. The third kappa shape index (κ3) is 5.05. The molecule has 1 saturated heterocycles. The number of anilines is 2. The van der Waals surface area contributed by atoms with E-state index in [0.717, 1.165) is 30.6 Å². The Morgan fingerprint density at radius 1 is 1.00 bits per heavy atom. The summed E-state index contributed by atoms with van der Waals surface area (Å²) in [6, 6.07) is 4.00. The highest BCUT2D eigenvalue weighted by atomic mass is 32.3. The number of sulfone groups is 1. The van der Waals surface area contributed by atoms with Crippen LogP contribution in [-0.4, -0.2) is 62.1 Å². The molecule has 0 bridgehead atoms. The molecule has 0 atom stereocenters. The van der Waals surface area contributed by atoms with Crippen molar-refractivity contribution in [3.8, 4) is 0 Å². The average molecular weight is 614 g/mol. The summed E-state index contributed by atoms with van der Waals surface area (Å²) in [7, 11) is -8.22. The Hall–Kier alpha value is -3.17. The van der Waals surface area contributed by atoms with Gasteiger partial charge in [0.25, 0.3) is 10.0 Å². The third-order valence-corrected chi connectivity index (χ3v) is 12.7. The zero-order valence-electron chi connectivity index (χ0n) is 21.6. The van der Waals surface area contributed by atoms with Crippen molar-refractivity contribution in [3.05, 3.63) is 66.3 Å². The maximum atomic E-state index is 15.3. The summed E-state index contributed by atoms with van der Waals surface area (Å²) >= 11 is 0.527. The van der Waals surface area contributed by atoms with Gasteiger partial charge < -0.3 is 9.80 Å². The first-order valence-electron chi connectivity index (χ1n) is 12.3. The smallest absolute Gasteiger partial charge is 0.271 e. The Kier molecular flexibility index (Phi) is 7.11. The summed E-state index contributed by atoms with van der Waals surface area (Å²) in [6.45, 7) is 8.10. The minimum absolute atomic E-state index is 0.0983. The van der Waals surface area contributed by atoms with Gasteiger partial charge in [0.15, 0.2) is 15.7 Å². The van der Waals surface area contributed by atoms with Crippen LogP contribution in [0.5, 0.6) is 0 Å². The van der Waals surface area contributed by atoms with Crippen LogP contribution in [0.4, 0.5) is 24.8 Å². The van der Waals surface area contributed by atoms with Crippen molar-refractivity contribution in [2.45, 2.75) is 45.9 Å². The molecule has 0 radical (unpaired) electrons. The van der Waals surface area contributed by atoms with Gasteiger partial charge in [0.05, 0.1) is 34.4 Å². The van der Waals surface area contributed by atoms with Crippen molar-refractivity contribution in [2.24, 2.45) is 0 Å². The largest absolute Gasteiger partial charge is 0.362 e. The fraction of sp³-hybridized carbons (Fsp3) is 0.360. The predicted molar refractivity (Wildman–Crippen MR) is 146 cm³/mol. The number of thiophene rings is 1. The quantitative estimate of drug-likeness (QED) is 0.401. The van der Waals surface area contributed by atoms with Gasteiger partial charge in [0.1, 0.15) is 20.1 Å². The van der Waals surface area contributed by atoms with E-state index in [1.54, 1.807) is 0 Å². The van der Waals surface area contributed by atoms with Crippen LogP contribution in [0, 0.1) is 17.5 Å². The minimum Gasteiger partial charge on any atom is -0.362 e. The van der Waals surface area contributed by atoms with Gasteiger partial charge >= 0.3 is 0 Å². The lowest BCUT2D eigenvalue weighted by Gasteiger charge is -2.44. The van der Waals surface area contributed by atoms with E-state index >= 15 is 8.78 Å². The number of nitrogens with one attached hydrogen (secondary N) is 1. The maximum absolute atomic E-state index is 15.3. The number of sulfonamides is 1. The number of nitrogens with zero attached hydrogens (tertiary/aromatic N) is 4. The lowest BCUT2D eigenvalue weighted by Crippen LogP contribution is -2.54. The van der Waals surface area contributed by atoms with Crippen molar-refractivity contribution in [1.29, 1.82) is 0 Å². The van der Waals surface area contributed by atoms with Crippen molar-refractivity contribution < 1.29 is 30.0 Å². The Labute approximate surface area is 234 Å². The molecule has 1 saturated carbocycles. The second-order valence-corrected chi connectivity index (χ2v) is 15.7. The summed E-state index contributed by atoms with van der Waals surface area (Å²) in [6.07, 6.45) is 3.57. The second-order valence-electron chi connectivity index (χ2n) is 10.00. The molecule has 3 aromatic rings. The van der Waals surface area contributed by atoms with E-state index in [1.165, 1.54) is 19.9 Å². The number of benzene rings is 1. The van der Waals surface area contributed by atoms with Gasteiger partial charge in [-0.25, -0.2) is 40.0 Å². The molecular formula is C25H26F3N5O4S3. The summed E-state index contributed by atoms with van der Waals surface area (Å²) in [4.78, 5) is 11.8. The van der Waals surface area contributed by atoms with Crippen molar-refractivity contribution in [3.63, 3.8) is 0 Å². The fourth-order valence-corrected chi connectivity index (χ4v) is 9.01. The Morgan fingerprint density at radius 2 is 1.62 bits per heavy atom. The Bertz CT molecular complexity index is 1690. The lowest BCUT2D eigenvalue weighted by molar-refractivity contribution is 0.243. The van der Waals surface area contributed by atoms with E-state index in [9.17, 15) is 21.2 Å². The first-order chi connectivity index (χ1) is 18.7. The van der Waals surface area contributed by atoms with E-state index in [1.807, 2.05) is 9.80 Å². The van der Waals surface area contributed by atoms with Crippen LogP contribution >= 0.6 is 11.3 Å². The number of piperazine rings is 1. The minimum atomic E-state index is -4.48. The molecule has 1 aliphatic heterocycles. The molecule has 5 rings (SSSR count). The molecule has 9 nitrogen and oxygen atoms in total. The Morgan fingerprint density at radius 3 is 2.25 bits per heavy atom. The molecule has 1 spiro atoms. The first kappa shape index (κ1) is 28.4. The number of aromatic nitrogens is 2. The monoisotopic (exact) mass is 613 g/mol. The second kappa shape index (κ2) is 10.0. The van der Waals surface area contributed by atoms with E-state index in [-0.39, 0.29) is 19.7 Å². The molecule has 1 aromatic carbocycles. The number of halogens is 3. The highest BCUT2D eigenvalue weighted by Gasteiger charge is 2.52. The molecule has 15 heteroatoms. The molecular weight excluding hydrogens is 588 g/mol. The van der Waals surface area contributed by atoms with Gasteiger partial charge in [0.2, 0.25) is 5.95 Å². The van der Waals surface area contributed by atoms with Gasteiger partial charge in [-0.1, -0.05) is 6.58 Å². The van der Waals surface area contributed by atoms with Crippen LogP contribution in [0.25, 0.3) is 5.70 Å². The SMILES string of the molecule is C=C(c1c(F)ccc(F)c1NS(=O)(=O)c1ccc(S(=O)(=O)C(C)C)s1)N1CCN(c2ncc(F)cn2)CC12CC2. The molecule has 2 aromatic heterocycles. The van der Waals surface area contributed by atoms with Gasteiger partial charge in [0, 0.05) is 25.3 Å². The van der Waals surface area contributed by atoms with Crippen molar-refractivity contribution >= 4 is 48.5 Å². The van der Waals surface area contributed by atoms with Gasteiger partial charge in [-0.15, -0.1) is 11.3 Å². The summed E-state index contributed by atoms with van der Waals surface area (Å²) in [5, 5.41) is -0.768. The first-order valence-corrected chi connectivity index (χ1v) is 16.1. The highest BCUT2D eigenvalue weighted by molar-refractivity contribution is 7.96. The van der Waals surface area contributed by atoms with E-state index in [0.29, 0.717) is 49.8 Å². The lowest BCUT2D eigenvalue weighted by atomic mass is 10.0. The molecule has 0 amide bonds. The molecule has 1 N–H and O–H groups in total. The number of hydrogen-bond donors (Lipinski definition) is 1. The van der Waals surface area contributed by atoms with Crippen LogP contribution in [0.3, 0.4) is 0 Å². The zero-order chi connectivity index (χ0) is 29.0. The molecule has 2 fully saturated rings. The van der Waals surface area contributed by atoms with Gasteiger partial charge in [-0.3, -0.25) is 4.72 Å². The summed E-state index contributed by atoms with van der Waals surface area (Å²) in [5.74, 6) is -2.11. The van der Waals surface area contributed by atoms with Crippen LogP contribution in [0.1, 0.15) is 32.3 Å². The Balaban J connectivity index is 1.44. The normalized spacial score (nSPS) is 16.9. The van der Waals surface area contributed by atoms with Crippen LogP contribution in [-0.2, 0) is 19.9 Å². The molecule has 2 aliphatic rings. The number of rotatable bonds is 8.